The summed E-state index contributed by atoms with van der Waals surface area (Å²) >= 11 is 0. The molecule has 0 aliphatic rings. The Morgan fingerprint density at radius 1 is 1.42 bits per heavy atom. The Kier molecular flexibility index (Phi) is 10.5. The molecule has 0 aliphatic heterocycles. The quantitative estimate of drug-likeness (QED) is 0.705. The number of nitrogens with one attached hydrogen (secondary N) is 1. The van der Waals surface area contributed by atoms with Crippen molar-refractivity contribution in [2.75, 3.05) is 27.2 Å². The Morgan fingerprint density at radius 2 is 2.00 bits per heavy atom. The number of amides is 1. The van der Waals surface area contributed by atoms with E-state index in [0.29, 0.717) is 6.42 Å². The summed E-state index contributed by atoms with van der Waals surface area (Å²) in [4.78, 5) is 13.0. The number of carbonyl (C=O) groups is 1. The molecule has 0 bridgehead atoms. The lowest BCUT2D eigenvalue weighted by atomic mass is 10.3. The fraction of sp³-hybridized carbons (Fsp3) is 0.875. The van der Waals surface area contributed by atoms with E-state index in [1.165, 1.54) is 0 Å². The Labute approximate surface area is 80.9 Å². The highest BCUT2D eigenvalue weighted by Crippen LogP contribution is 1.89. The third-order valence-electron chi connectivity index (χ3n) is 1.38. The van der Waals surface area contributed by atoms with Gasteiger partial charge in [0.15, 0.2) is 0 Å². The van der Waals surface area contributed by atoms with Gasteiger partial charge in [0.1, 0.15) is 0 Å². The predicted molar refractivity (Wildman–Crippen MR) is 53.7 cm³/mol. The van der Waals surface area contributed by atoms with Gasteiger partial charge in [0.2, 0.25) is 5.91 Å². The molecule has 12 heavy (non-hydrogen) atoms. The van der Waals surface area contributed by atoms with Crippen LogP contribution in [0.5, 0.6) is 0 Å². The molecule has 0 aromatic heterocycles. The van der Waals surface area contributed by atoms with Crippen molar-refractivity contribution in [1.29, 1.82) is 0 Å². The third kappa shape index (κ3) is 9.72. The highest BCUT2D eigenvalue weighted by molar-refractivity contribution is 5.85. The van der Waals surface area contributed by atoms with Crippen molar-refractivity contribution in [2.45, 2.75) is 19.8 Å². The van der Waals surface area contributed by atoms with Crippen LogP contribution in [0.4, 0.5) is 0 Å². The summed E-state index contributed by atoms with van der Waals surface area (Å²) in [5.41, 5.74) is 0. The van der Waals surface area contributed by atoms with Gasteiger partial charge in [-0.25, -0.2) is 0 Å². The van der Waals surface area contributed by atoms with Crippen LogP contribution < -0.4 is 5.32 Å². The predicted octanol–water partition coefficient (Wildman–Crippen LogP) is 0.886. The van der Waals surface area contributed by atoms with Crippen LogP contribution >= 0.6 is 12.4 Å². The van der Waals surface area contributed by atoms with Crippen molar-refractivity contribution >= 4 is 18.3 Å². The number of hydrogen-bond acceptors (Lipinski definition) is 2. The summed E-state index contributed by atoms with van der Waals surface area (Å²) in [6, 6.07) is 0. The zero-order valence-electron chi connectivity index (χ0n) is 8.09. The van der Waals surface area contributed by atoms with Crippen LogP contribution in [0.3, 0.4) is 0 Å². The second-order valence-electron chi connectivity index (χ2n) is 2.86. The summed E-state index contributed by atoms with van der Waals surface area (Å²) in [6.07, 6.45) is 1.59. The summed E-state index contributed by atoms with van der Waals surface area (Å²) in [6.45, 7) is 3.65. The highest BCUT2D eigenvalue weighted by Gasteiger charge is 1.98. The number of carbonyl (C=O) groups excluding carboxylic acids is 1. The van der Waals surface area contributed by atoms with E-state index in [1.54, 1.807) is 0 Å². The normalized spacial score (nSPS) is 9.33. The van der Waals surface area contributed by atoms with Gasteiger partial charge in [-0.3, -0.25) is 4.79 Å². The molecule has 0 rings (SSSR count). The first-order chi connectivity index (χ1) is 5.16. The second-order valence-corrected chi connectivity index (χ2v) is 2.86. The molecule has 3 nitrogen and oxygen atoms in total. The van der Waals surface area contributed by atoms with Crippen molar-refractivity contribution in [3.63, 3.8) is 0 Å². The van der Waals surface area contributed by atoms with E-state index >= 15 is 0 Å². The Balaban J connectivity index is 0. The monoisotopic (exact) mass is 194 g/mol. The fourth-order valence-corrected chi connectivity index (χ4v) is 0.841. The topological polar surface area (TPSA) is 32.3 Å². The number of halogens is 1. The molecule has 74 valence electrons. The lowest BCUT2D eigenvalue weighted by molar-refractivity contribution is -0.121. The minimum atomic E-state index is 0. The van der Waals surface area contributed by atoms with E-state index in [-0.39, 0.29) is 18.3 Å². The first kappa shape index (κ1) is 14.3. The average Bonchev–Trinajstić information content (AvgIpc) is 1.87. The van der Waals surface area contributed by atoms with Crippen molar-refractivity contribution in [3.05, 3.63) is 0 Å². The van der Waals surface area contributed by atoms with Crippen molar-refractivity contribution in [3.8, 4) is 0 Å². The summed E-state index contributed by atoms with van der Waals surface area (Å²) in [5.74, 6) is 0.161. The van der Waals surface area contributed by atoms with E-state index in [0.717, 1.165) is 19.5 Å². The van der Waals surface area contributed by atoms with Gasteiger partial charge in [-0.15, -0.1) is 12.4 Å². The number of nitrogens with zero attached hydrogens (tertiary/aromatic N) is 1. The smallest absolute Gasteiger partial charge is 0.220 e. The van der Waals surface area contributed by atoms with E-state index in [2.05, 4.69) is 10.2 Å². The SMILES string of the molecule is CCNC(=O)CCCN(C)C.Cl. The van der Waals surface area contributed by atoms with Gasteiger partial charge in [-0.1, -0.05) is 0 Å². The van der Waals surface area contributed by atoms with Gasteiger partial charge in [-0.2, -0.15) is 0 Å². The average molecular weight is 195 g/mol. The van der Waals surface area contributed by atoms with Crippen molar-refractivity contribution < 1.29 is 4.79 Å². The minimum absolute atomic E-state index is 0. The molecule has 0 atom stereocenters. The molecule has 0 aromatic carbocycles. The summed E-state index contributed by atoms with van der Waals surface area (Å²) in [7, 11) is 4.02. The fourth-order valence-electron chi connectivity index (χ4n) is 0.841. The van der Waals surface area contributed by atoms with Gasteiger partial charge in [0.25, 0.3) is 0 Å². The molecule has 0 aliphatic carbocycles. The standard InChI is InChI=1S/C8H18N2O.ClH/c1-4-9-8(11)6-5-7-10(2)3;/h4-7H2,1-3H3,(H,9,11);1H. The summed E-state index contributed by atoms with van der Waals surface area (Å²) < 4.78 is 0. The number of rotatable bonds is 5. The zero-order valence-corrected chi connectivity index (χ0v) is 8.91. The van der Waals surface area contributed by atoms with Gasteiger partial charge < -0.3 is 10.2 Å². The molecular formula is C8H19ClN2O. The maximum absolute atomic E-state index is 10.9. The molecule has 0 radical (unpaired) electrons. The summed E-state index contributed by atoms with van der Waals surface area (Å²) in [5, 5.41) is 2.76. The zero-order chi connectivity index (χ0) is 8.69. The van der Waals surface area contributed by atoms with Gasteiger partial charge >= 0.3 is 0 Å². The van der Waals surface area contributed by atoms with Crippen LogP contribution in [-0.2, 0) is 4.79 Å². The Bertz CT molecular complexity index is 118. The molecule has 0 fully saturated rings. The van der Waals surface area contributed by atoms with Crippen molar-refractivity contribution in [1.82, 2.24) is 10.2 Å². The first-order valence-corrected chi connectivity index (χ1v) is 4.08. The molecule has 1 N–H and O–H groups in total. The Hall–Kier alpha value is -0.280. The molecule has 0 saturated heterocycles. The molecule has 0 heterocycles. The maximum Gasteiger partial charge on any atom is 0.220 e. The first-order valence-electron chi connectivity index (χ1n) is 4.08. The Morgan fingerprint density at radius 3 is 2.42 bits per heavy atom. The molecular weight excluding hydrogens is 176 g/mol. The molecule has 4 heteroatoms. The van der Waals surface area contributed by atoms with Crippen LogP contribution in [0.1, 0.15) is 19.8 Å². The highest BCUT2D eigenvalue weighted by atomic mass is 35.5. The van der Waals surface area contributed by atoms with Crippen LogP contribution in [0.15, 0.2) is 0 Å². The lowest BCUT2D eigenvalue weighted by Crippen LogP contribution is -2.23. The van der Waals surface area contributed by atoms with E-state index in [9.17, 15) is 4.79 Å². The van der Waals surface area contributed by atoms with E-state index in [4.69, 9.17) is 0 Å². The van der Waals surface area contributed by atoms with Gasteiger partial charge in [-0.05, 0) is 34.0 Å². The molecule has 0 spiro atoms. The second kappa shape index (κ2) is 8.81. The minimum Gasteiger partial charge on any atom is -0.356 e. The molecule has 0 saturated carbocycles. The van der Waals surface area contributed by atoms with E-state index < -0.39 is 0 Å². The van der Waals surface area contributed by atoms with Crippen LogP contribution in [0, 0.1) is 0 Å². The largest absolute Gasteiger partial charge is 0.356 e. The molecule has 0 unspecified atom stereocenters. The van der Waals surface area contributed by atoms with Crippen LogP contribution in [0.25, 0.3) is 0 Å². The number of hydrogen-bond donors (Lipinski definition) is 1. The maximum atomic E-state index is 10.9. The van der Waals surface area contributed by atoms with Crippen LogP contribution in [0.2, 0.25) is 0 Å². The van der Waals surface area contributed by atoms with Crippen molar-refractivity contribution in [2.24, 2.45) is 0 Å². The van der Waals surface area contributed by atoms with Gasteiger partial charge in [0.05, 0.1) is 0 Å². The van der Waals surface area contributed by atoms with E-state index in [1.807, 2.05) is 21.0 Å². The molecule has 0 aromatic rings. The lowest BCUT2D eigenvalue weighted by Gasteiger charge is -2.08. The molecule has 1 amide bonds. The van der Waals surface area contributed by atoms with Gasteiger partial charge in [0, 0.05) is 13.0 Å². The van der Waals surface area contributed by atoms with Crippen LogP contribution in [-0.4, -0.2) is 38.0 Å². The third-order valence-corrected chi connectivity index (χ3v) is 1.38.